The first-order valence-corrected chi connectivity index (χ1v) is 9.76. The van der Waals surface area contributed by atoms with E-state index >= 15 is 0 Å². The van der Waals surface area contributed by atoms with Gasteiger partial charge in [0.1, 0.15) is 24.3 Å². The summed E-state index contributed by atoms with van der Waals surface area (Å²) in [5, 5.41) is 17.3. The fourth-order valence-corrected chi connectivity index (χ4v) is 2.96. The number of nitrogens with one attached hydrogen (secondary N) is 2. The molecular weight excluding hydrogens is 539 g/mol. The van der Waals surface area contributed by atoms with E-state index < -0.39 is 18.0 Å². The molecule has 0 saturated heterocycles. The Kier molecular flexibility index (Phi) is 11.3. The Morgan fingerprint density at radius 2 is 1.97 bits per heavy atom. The van der Waals surface area contributed by atoms with Crippen molar-refractivity contribution < 1.29 is 27.4 Å². The van der Waals surface area contributed by atoms with Crippen LogP contribution < -0.4 is 15.4 Å². The molecule has 0 aliphatic carbocycles. The van der Waals surface area contributed by atoms with Crippen molar-refractivity contribution in [3.05, 3.63) is 46.2 Å². The van der Waals surface area contributed by atoms with Crippen molar-refractivity contribution in [2.24, 2.45) is 4.99 Å². The lowest BCUT2D eigenvalue weighted by Gasteiger charge is -2.13. The molecule has 6 nitrogen and oxygen atoms in total. The first kappa shape index (κ1) is 26.4. The van der Waals surface area contributed by atoms with Crippen LogP contribution in [0.2, 0.25) is 0 Å². The van der Waals surface area contributed by atoms with E-state index in [0.717, 1.165) is 16.7 Å². The minimum absolute atomic E-state index is 0. The van der Waals surface area contributed by atoms with Crippen molar-refractivity contribution in [2.75, 3.05) is 26.2 Å². The quantitative estimate of drug-likeness (QED) is 0.189. The molecule has 1 heterocycles. The number of benzene rings is 1. The van der Waals surface area contributed by atoms with Crippen molar-refractivity contribution in [3.63, 3.8) is 0 Å². The molecule has 2 rings (SSSR count). The third-order valence-electron chi connectivity index (χ3n) is 3.53. The Hall–Kier alpha value is -1.67. The predicted molar refractivity (Wildman–Crippen MR) is 118 cm³/mol. The number of alkyl halides is 3. The summed E-state index contributed by atoms with van der Waals surface area (Å²) < 4.78 is 55.9. The van der Waals surface area contributed by atoms with Gasteiger partial charge in [0, 0.05) is 24.9 Å². The highest BCUT2D eigenvalue weighted by atomic mass is 127. The molecule has 0 bridgehead atoms. The van der Waals surface area contributed by atoms with Crippen LogP contribution in [-0.4, -0.2) is 48.4 Å². The first-order chi connectivity index (χ1) is 13.8. The van der Waals surface area contributed by atoms with Gasteiger partial charge in [-0.05, 0) is 31.2 Å². The number of aliphatic hydroxyl groups is 1. The second-order valence-electron chi connectivity index (χ2n) is 5.94. The summed E-state index contributed by atoms with van der Waals surface area (Å²) in [5.41, 5.74) is -0.887. The van der Waals surface area contributed by atoms with Crippen LogP contribution in [0.5, 0.6) is 5.75 Å². The highest BCUT2D eigenvalue weighted by molar-refractivity contribution is 14.0. The van der Waals surface area contributed by atoms with Gasteiger partial charge in [-0.3, -0.25) is 4.99 Å². The monoisotopic (exact) mass is 562 g/mol. The van der Waals surface area contributed by atoms with Crippen molar-refractivity contribution in [1.82, 2.24) is 15.6 Å². The van der Waals surface area contributed by atoms with Crippen LogP contribution in [0.25, 0.3) is 0 Å². The number of hydrogen-bond donors (Lipinski definition) is 3. The van der Waals surface area contributed by atoms with E-state index in [1.54, 1.807) is 0 Å². The maximum atomic E-state index is 12.8. The highest BCUT2D eigenvalue weighted by Crippen LogP contribution is 2.29. The van der Waals surface area contributed by atoms with E-state index in [0.29, 0.717) is 36.2 Å². The summed E-state index contributed by atoms with van der Waals surface area (Å²) >= 11 is 0.954. The summed E-state index contributed by atoms with van der Waals surface area (Å²) in [7, 11) is 0. The Morgan fingerprint density at radius 3 is 2.57 bits per heavy atom. The number of aromatic nitrogens is 1. The van der Waals surface area contributed by atoms with Crippen LogP contribution in [0.15, 0.2) is 34.6 Å². The van der Waals surface area contributed by atoms with E-state index in [2.05, 4.69) is 20.6 Å². The van der Waals surface area contributed by atoms with E-state index in [4.69, 9.17) is 4.74 Å². The Morgan fingerprint density at radius 1 is 1.27 bits per heavy atom. The fourth-order valence-electron chi connectivity index (χ4n) is 2.16. The van der Waals surface area contributed by atoms with Gasteiger partial charge in [-0.25, -0.2) is 9.37 Å². The van der Waals surface area contributed by atoms with E-state index in [1.165, 1.54) is 24.3 Å². The molecule has 0 aliphatic rings. The molecule has 1 unspecified atom stereocenters. The van der Waals surface area contributed by atoms with Gasteiger partial charge in [0.25, 0.3) is 0 Å². The second kappa shape index (κ2) is 12.9. The molecule has 0 spiro atoms. The molecular formula is C18H23F4IN4O2S. The van der Waals surface area contributed by atoms with Gasteiger partial charge in [0.2, 0.25) is 0 Å². The number of aliphatic imine (C=N–C) groups is 1. The van der Waals surface area contributed by atoms with Gasteiger partial charge in [-0.2, -0.15) is 13.2 Å². The molecule has 0 saturated carbocycles. The zero-order valence-electron chi connectivity index (χ0n) is 16.1. The van der Waals surface area contributed by atoms with Crippen molar-refractivity contribution in [3.8, 4) is 5.75 Å². The van der Waals surface area contributed by atoms with Gasteiger partial charge in [-0.1, -0.05) is 0 Å². The predicted octanol–water partition coefficient (Wildman–Crippen LogP) is 3.46. The molecule has 0 fully saturated rings. The molecule has 0 amide bonds. The van der Waals surface area contributed by atoms with Crippen LogP contribution in [0, 0.1) is 5.82 Å². The number of halogens is 5. The molecule has 0 radical (unpaired) electrons. The number of nitrogens with zero attached hydrogens (tertiary/aromatic N) is 2. The van der Waals surface area contributed by atoms with E-state index in [9.17, 15) is 22.7 Å². The molecule has 1 atom stereocenters. The summed E-state index contributed by atoms with van der Waals surface area (Å²) in [4.78, 5) is 7.79. The smallest absolute Gasteiger partial charge is 0.434 e. The SMILES string of the molecule is CCNC(=NCC(O)COc1ccc(F)cc1)NCCc1nc(C(F)(F)F)cs1.I. The van der Waals surface area contributed by atoms with Gasteiger partial charge >= 0.3 is 6.18 Å². The number of rotatable bonds is 9. The van der Waals surface area contributed by atoms with E-state index in [-0.39, 0.29) is 42.9 Å². The largest absolute Gasteiger partial charge is 0.491 e. The molecule has 30 heavy (non-hydrogen) atoms. The standard InChI is InChI=1S/C18H22F4N4O2S.HI/c1-2-23-17(24-8-7-16-26-15(11-29-16)18(20,21)22)25-9-13(27)10-28-14-5-3-12(19)4-6-14;/h3-6,11,13,27H,2,7-10H2,1H3,(H2,23,24,25);1H. The fraction of sp³-hybridized carbons (Fsp3) is 0.444. The van der Waals surface area contributed by atoms with Gasteiger partial charge in [0.15, 0.2) is 11.7 Å². The number of thiazole rings is 1. The molecule has 2 aromatic rings. The highest BCUT2D eigenvalue weighted by Gasteiger charge is 2.33. The molecule has 12 heteroatoms. The van der Waals surface area contributed by atoms with Crippen molar-refractivity contribution in [2.45, 2.75) is 25.6 Å². The van der Waals surface area contributed by atoms with Crippen LogP contribution in [0.3, 0.4) is 0 Å². The lowest BCUT2D eigenvalue weighted by atomic mass is 10.3. The summed E-state index contributed by atoms with van der Waals surface area (Å²) in [5.74, 6) is 0.471. The molecule has 168 valence electrons. The lowest BCUT2D eigenvalue weighted by Crippen LogP contribution is -2.39. The topological polar surface area (TPSA) is 78.8 Å². The number of guanidine groups is 1. The van der Waals surface area contributed by atoms with Crippen LogP contribution in [0.1, 0.15) is 17.6 Å². The van der Waals surface area contributed by atoms with Crippen molar-refractivity contribution in [1.29, 1.82) is 0 Å². The zero-order valence-corrected chi connectivity index (χ0v) is 19.2. The van der Waals surface area contributed by atoms with Gasteiger partial charge in [0.05, 0.1) is 11.6 Å². The Labute approximate surface area is 192 Å². The molecule has 1 aromatic heterocycles. The number of ether oxygens (including phenoxy) is 1. The number of hydrogen-bond acceptors (Lipinski definition) is 5. The maximum Gasteiger partial charge on any atom is 0.434 e. The second-order valence-corrected chi connectivity index (χ2v) is 6.88. The third kappa shape index (κ3) is 9.43. The summed E-state index contributed by atoms with van der Waals surface area (Å²) in [6.45, 7) is 2.80. The van der Waals surface area contributed by atoms with E-state index in [1.807, 2.05) is 6.92 Å². The lowest BCUT2D eigenvalue weighted by molar-refractivity contribution is -0.140. The minimum Gasteiger partial charge on any atom is -0.491 e. The maximum absolute atomic E-state index is 12.8. The van der Waals surface area contributed by atoms with Gasteiger partial charge in [-0.15, -0.1) is 35.3 Å². The zero-order chi connectivity index (χ0) is 21.3. The average molecular weight is 562 g/mol. The van der Waals surface area contributed by atoms with Crippen molar-refractivity contribution >= 4 is 41.3 Å². The number of aliphatic hydroxyl groups excluding tert-OH is 1. The molecule has 1 aromatic carbocycles. The summed E-state index contributed by atoms with van der Waals surface area (Å²) in [6, 6.07) is 5.43. The normalized spacial score (nSPS) is 12.8. The van der Waals surface area contributed by atoms with Gasteiger partial charge < -0.3 is 20.5 Å². The Balaban J connectivity index is 0.00000450. The Bertz CT molecular complexity index is 787. The third-order valence-corrected chi connectivity index (χ3v) is 4.44. The van der Waals surface area contributed by atoms with Crippen LogP contribution in [-0.2, 0) is 12.6 Å². The molecule has 0 aliphatic heterocycles. The minimum atomic E-state index is -4.44. The van der Waals surface area contributed by atoms with Crippen LogP contribution >= 0.6 is 35.3 Å². The average Bonchev–Trinajstić information content (AvgIpc) is 3.15. The van der Waals surface area contributed by atoms with Crippen LogP contribution in [0.4, 0.5) is 17.6 Å². The first-order valence-electron chi connectivity index (χ1n) is 8.88. The molecule has 3 N–H and O–H groups in total. The summed E-state index contributed by atoms with van der Waals surface area (Å²) in [6.07, 6.45) is -5.02.